The van der Waals surface area contributed by atoms with Crippen molar-refractivity contribution >= 4 is 27.3 Å². The van der Waals surface area contributed by atoms with E-state index in [4.69, 9.17) is 0 Å². The van der Waals surface area contributed by atoms with E-state index >= 15 is 0 Å². The van der Waals surface area contributed by atoms with Gasteiger partial charge in [-0.1, -0.05) is 12.8 Å². The van der Waals surface area contributed by atoms with Gasteiger partial charge in [-0.05, 0) is 66.2 Å². The highest BCUT2D eigenvalue weighted by Gasteiger charge is 2.44. The van der Waals surface area contributed by atoms with E-state index in [1.165, 1.54) is 60.2 Å². The third-order valence-electron chi connectivity index (χ3n) is 4.25. The predicted octanol–water partition coefficient (Wildman–Crippen LogP) is 4.37. The van der Waals surface area contributed by atoms with Crippen LogP contribution in [-0.4, -0.2) is 12.1 Å². The van der Waals surface area contributed by atoms with Crippen molar-refractivity contribution in [3.63, 3.8) is 0 Å². The molecule has 2 heterocycles. The zero-order valence-electron chi connectivity index (χ0n) is 10.2. The Bertz CT molecular complexity index is 375. The first-order valence-corrected chi connectivity index (χ1v) is 8.39. The number of rotatable bonds is 3. The summed E-state index contributed by atoms with van der Waals surface area (Å²) in [4.78, 5) is 1.54. The number of hydrogen-bond donors (Lipinski definition) is 1. The van der Waals surface area contributed by atoms with Gasteiger partial charge in [0, 0.05) is 16.8 Å². The molecule has 1 saturated carbocycles. The van der Waals surface area contributed by atoms with Gasteiger partial charge in [0.05, 0.1) is 3.79 Å². The minimum absolute atomic E-state index is 0.431. The molecule has 0 radical (unpaired) electrons. The molecular formula is C14H20BrNS. The van der Waals surface area contributed by atoms with E-state index < -0.39 is 0 Å². The van der Waals surface area contributed by atoms with Crippen molar-refractivity contribution in [2.24, 2.45) is 5.92 Å². The molecule has 0 bridgehead atoms. The van der Waals surface area contributed by atoms with Crippen molar-refractivity contribution < 1.29 is 0 Å². The van der Waals surface area contributed by atoms with Crippen LogP contribution in [0.2, 0.25) is 0 Å². The summed E-state index contributed by atoms with van der Waals surface area (Å²) >= 11 is 5.49. The minimum Gasteiger partial charge on any atom is -0.311 e. The lowest BCUT2D eigenvalue weighted by Crippen LogP contribution is -2.48. The molecule has 1 nitrogen and oxygen atoms in total. The Balaban J connectivity index is 1.78. The predicted molar refractivity (Wildman–Crippen MR) is 77.6 cm³/mol. The first kappa shape index (κ1) is 12.2. The maximum atomic E-state index is 3.91. The van der Waals surface area contributed by atoms with Gasteiger partial charge in [-0.3, -0.25) is 0 Å². The molecule has 1 aromatic rings. The summed E-state index contributed by atoms with van der Waals surface area (Å²) < 4.78 is 1.27. The standard InChI is InChI=1S/C14H20BrNS/c15-13-7-6-12(17-13)10-14(11-4-5-11)8-2-1-3-9-16-14/h6-7,11,16H,1-5,8-10H2. The van der Waals surface area contributed by atoms with E-state index in [-0.39, 0.29) is 0 Å². The lowest BCUT2D eigenvalue weighted by molar-refractivity contribution is 0.272. The molecule has 2 fully saturated rings. The molecule has 1 unspecified atom stereocenters. The van der Waals surface area contributed by atoms with Crippen LogP contribution < -0.4 is 5.32 Å². The molecule has 1 atom stereocenters. The minimum atomic E-state index is 0.431. The van der Waals surface area contributed by atoms with Crippen LogP contribution in [0.3, 0.4) is 0 Å². The zero-order valence-corrected chi connectivity index (χ0v) is 12.6. The van der Waals surface area contributed by atoms with E-state index in [2.05, 4.69) is 33.4 Å². The number of thiophene rings is 1. The van der Waals surface area contributed by atoms with Crippen molar-refractivity contribution in [1.82, 2.24) is 5.32 Å². The normalized spacial score (nSPS) is 30.2. The molecule has 2 aliphatic rings. The maximum absolute atomic E-state index is 3.91. The molecule has 0 amide bonds. The lowest BCUT2D eigenvalue weighted by Gasteiger charge is -2.34. The van der Waals surface area contributed by atoms with Crippen molar-refractivity contribution in [1.29, 1.82) is 0 Å². The van der Waals surface area contributed by atoms with Crippen molar-refractivity contribution in [2.75, 3.05) is 6.54 Å². The first-order chi connectivity index (χ1) is 8.28. The highest BCUT2D eigenvalue weighted by Crippen LogP contribution is 2.45. The summed E-state index contributed by atoms with van der Waals surface area (Å²) in [5.41, 5.74) is 0.431. The third-order valence-corrected chi connectivity index (χ3v) is 5.88. The molecular weight excluding hydrogens is 294 g/mol. The maximum Gasteiger partial charge on any atom is 0.0701 e. The molecule has 94 valence electrons. The molecule has 0 spiro atoms. The Hall–Kier alpha value is 0.140. The number of hydrogen-bond acceptors (Lipinski definition) is 2. The van der Waals surface area contributed by atoms with Gasteiger partial charge in [0.2, 0.25) is 0 Å². The Labute approximate surface area is 116 Å². The van der Waals surface area contributed by atoms with E-state index in [1.807, 2.05) is 11.3 Å². The van der Waals surface area contributed by atoms with Gasteiger partial charge in [0.25, 0.3) is 0 Å². The second-order valence-electron chi connectivity index (χ2n) is 5.55. The summed E-state index contributed by atoms with van der Waals surface area (Å²) in [6.45, 7) is 1.23. The Morgan fingerprint density at radius 2 is 2.18 bits per heavy atom. The summed E-state index contributed by atoms with van der Waals surface area (Å²) in [6.07, 6.45) is 9.70. The SMILES string of the molecule is Brc1ccc(CC2(C3CC3)CCCCCN2)s1. The van der Waals surface area contributed by atoms with Gasteiger partial charge >= 0.3 is 0 Å². The summed E-state index contributed by atoms with van der Waals surface area (Å²) in [5, 5.41) is 3.91. The summed E-state index contributed by atoms with van der Waals surface area (Å²) in [5.74, 6) is 0.946. The van der Waals surface area contributed by atoms with Gasteiger partial charge in [-0.15, -0.1) is 11.3 Å². The van der Waals surface area contributed by atoms with Crippen LogP contribution in [0.25, 0.3) is 0 Å². The Kier molecular flexibility index (Phi) is 3.60. The third kappa shape index (κ3) is 2.77. The molecule has 0 aromatic carbocycles. The Morgan fingerprint density at radius 3 is 2.88 bits per heavy atom. The molecule has 3 heteroatoms. The van der Waals surface area contributed by atoms with Crippen LogP contribution in [0.4, 0.5) is 0 Å². The molecule has 17 heavy (non-hydrogen) atoms. The van der Waals surface area contributed by atoms with E-state index in [0.29, 0.717) is 5.54 Å². The molecule has 3 rings (SSSR count). The fraction of sp³-hybridized carbons (Fsp3) is 0.714. The molecule has 1 saturated heterocycles. The van der Waals surface area contributed by atoms with Crippen LogP contribution in [0.15, 0.2) is 15.9 Å². The second kappa shape index (κ2) is 5.02. The zero-order chi connectivity index (χ0) is 11.7. The van der Waals surface area contributed by atoms with Crippen LogP contribution in [0, 0.1) is 5.92 Å². The fourth-order valence-corrected chi connectivity index (χ4v) is 4.81. The second-order valence-corrected chi connectivity index (χ2v) is 8.10. The van der Waals surface area contributed by atoms with Crippen LogP contribution in [0.1, 0.15) is 43.4 Å². The Morgan fingerprint density at radius 1 is 1.29 bits per heavy atom. The van der Waals surface area contributed by atoms with Gasteiger partial charge in [0.15, 0.2) is 0 Å². The number of halogens is 1. The van der Waals surface area contributed by atoms with E-state index in [0.717, 1.165) is 5.92 Å². The average Bonchev–Trinajstić information content (AvgIpc) is 3.09. The summed E-state index contributed by atoms with van der Waals surface area (Å²) in [7, 11) is 0. The van der Waals surface area contributed by atoms with Crippen LogP contribution in [0.5, 0.6) is 0 Å². The first-order valence-electron chi connectivity index (χ1n) is 6.78. The highest BCUT2D eigenvalue weighted by atomic mass is 79.9. The van der Waals surface area contributed by atoms with Crippen molar-refractivity contribution in [2.45, 2.75) is 50.5 Å². The smallest absolute Gasteiger partial charge is 0.0701 e. The number of nitrogens with one attached hydrogen (secondary N) is 1. The largest absolute Gasteiger partial charge is 0.311 e. The molecule has 1 aromatic heterocycles. The highest BCUT2D eigenvalue weighted by molar-refractivity contribution is 9.11. The lowest BCUT2D eigenvalue weighted by atomic mass is 9.84. The van der Waals surface area contributed by atoms with Crippen LogP contribution in [-0.2, 0) is 6.42 Å². The fourth-order valence-electron chi connectivity index (χ4n) is 3.21. The van der Waals surface area contributed by atoms with E-state index in [9.17, 15) is 0 Å². The molecule has 1 aliphatic heterocycles. The topological polar surface area (TPSA) is 12.0 Å². The van der Waals surface area contributed by atoms with Gasteiger partial charge in [0.1, 0.15) is 0 Å². The monoisotopic (exact) mass is 313 g/mol. The van der Waals surface area contributed by atoms with Gasteiger partial charge < -0.3 is 5.32 Å². The quantitative estimate of drug-likeness (QED) is 0.874. The molecule has 1 aliphatic carbocycles. The summed E-state index contributed by atoms with van der Waals surface area (Å²) in [6, 6.07) is 4.49. The van der Waals surface area contributed by atoms with E-state index in [1.54, 1.807) is 0 Å². The van der Waals surface area contributed by atoms with Gasteiger partial charge in [-0.25, -0.2) is 0 Å². The van der Waals surface area contributed by atoms with Gasteiger partial charge in [-0.2, -0.15) is 0 Å². The van der Waals surface area contributed by atoms with Crippen LogP contribution >= 0.6 is 27.3 Å². The molecule has 1 N–H and O–H groups in total. The average molecular weight is 314 g/mol. The van der Waals surface area contributed by atoms with Crippen molar-refractivity contribution in [3.05, 3.63) is 20.8 Å². The van der Waals surface area contributed by atoms with Crippen molar-refractivity contribution in [3.8, 4) is 0 Å².